The van der Waals surface area contributed by atoms with Crippen LogP contribution in [0.25, 0.3) is 0 Å². The van der Waals surface area contributed by atoms with Crippen molar-refractivity contribution in [1.82, 2.24) is 9.80 Å². The first kappa shape index (κ1) is 18.3. The number of methoxy groups -OCH3 is 1. The van der Waals surface area contributed by atoms with Crippen molar-refractivity contribution in [2.45, 2.75) is 24.1 Å². The lowest BCUT2D eigenvalue weighted by Crippen LogP contribution is -2.41. The minimum atomic E-state index is -0.969. The van der Waals surface area contributed by atoms with E-state index in [9.17, 15) is 9.59 Å². The smallest absolute Gasteiger partial charge is 0.257 e. The van der Waals surface area contributed by atoms with Gasteiger partial charge in [0.1, 0.15) is 10.1 Å². The lowest BCUT2D eigenvalue weighted by Gasteiger charge is -2.25. The molecule has 0 aromatic heterocycles. The van der Waals surface area contributed by atoms with Gasteiger partial charge < -0.3 is 14.5 Å². The molecule has 0 bridgehead atoms. The first-order chi connectivity index (χ1) is 11.8. The van der Waals surface area contributed by atoms with Gasteiger partial charge in [0, 0.05) is 26.2 Å². The molecule has 0 N–H and O–H groups in total. The molecule has 1 aliphatic carbocycles. The second kappa shape index (κ2) is 6.69. The van der Waals surface area contributed by atoms with Crippen LogP contribution in [0.4, 0.5) is 0 Å². The zero-order chi connectivity index (χ0) is 18.2. The Morgan fingerprint density at radius 1 is 1.08 bits per heavy atom. The number of para-hydroxylation sites is 1. The summed E-state index contributed by atoms with van der Waals surface area (Å²) in [5.74, 6) is 0.460. The predicted octanol–water partition coefficient (Wildman–Crippen LogP) is 2.95. The lowest BCUT2D eigenvalue weighted by molar-refractivity contribution is -0.136. The zero-order valence-corrected chi connectivity index (χ0v) is 15.9. The first-order valence-electron chi connectivity index (χ1n) is 8.40. The maximum Gasteiger partial charge on any atom is 0.257 e. The highest BCUT2D eigenvalue weighted by Crippen LogP contribution is 2.64. The minimum absolute atomic E-state index is 0.0240. The number of halogens is 2. The van der Waals surface area contributed by atoms with Gasteiger partial charge in [-0.15, -0.1) is 23.2 Å². The molecule has 0 radical (unpaired) electrons. The Kier molecular flexibility index (Phi) is 4.91. The number of carbonyl (C=O) groups excluding carboxylic acids is 2. The number of nitrogens with zero attached hydrogens (tertiary/aromatic N) is 2. The highest BCUT2D eigenvalue weighted by atomic mass is 35.5. The van der Waals surface area contributed by atoms with Crippen LogP contribution < -0.4 is 4.74 Å². The topological polar surface area (TPSA) is 49.9 Å². The van der Waals surface area contributed by atoms with Gasteiger partial charge in [-0.1, -0.05) is 12.1 Å². The van der Waals surface area contributed by atoms with E-state index in [-0.39, 0.29) is 11.8 Å². The van der Waals surface area contributed by atoms with Crippen molar-refractivity contribution in [1.29, 1.82) is 0 Å². The van der Waals surface area contributed by atoms with E-state index in [4.69, 9.17) is 27.9 Å². The number of amides is 2. The lowest BCUT2D eigenvalue weighted by atomic mass is 10.1. The van der Waals surface area contributed by atoms with Gasteiger partial charge in [0.25, 0.3) is 5.91 Å². The van der Waals surface area contributed by atoms with Crippen LogP contribution in [-0.4, -0.2) is 59.2 Å². The van der Waals surface area contributed by atoms with Crippen molar-refractivity contribution in [3.63, 3.8) is 0 Å². The largest absolute Gasteiger partial charge is 0.496 e. The molecule has 7 heteroatoms. The summed E-state index contributed by atoms with van der Waals surface area (Å²) >= 11 is 12.3. The van der Waals surface area contributed by atoms with Crippen molar-refractivity contribution in [3.8, 4) is 5.75 Å². The Bertz CT molecular complexity index is 695. The summed E-state index contributed by atoms with van der Waals surface area (Å²) in [5, 5.41) is 0. The van der Waals surface area contributed by atoms with E-state index in [1.807, 2.05) is 12.1 Å². The number of rotatable bonds is 3. The molecule has 1 aromatic rings. The molecule has 1 saturated carbocycles. The number of ether oxygens (including phenoxy) is 1. The average Bonchev–Trinajstić information content (AvgIpc) is 3.23. The van der Waals surface area contributed by atoms with Gasteiger partial charge >= 0.3 is 0 Å². The van der Waals surface area contributed by atoms with Gasteiger partial charge in [-0.2, -0.15) is 0 Å². The molecule has 2 fully saturated rings. The second-order valence-electron chi connectivity index (χ2n) is 6.85. The molecule has 1 aliphatic heterocycles. The Hall–Kier alpha value is -1.46. The summed E-state index contributed by atoms with van der Waals surface area (Å²) in [6.07, 6.45) is 1.20. The predicted molar refractivity (Wildman–Crippen MR) is 97.3 cm³/mol. The SMILES string of the molecule is COc1ccccc1C(=O)N1CCCN(C(=O)[C@@]2(C)CC2(Cl)Cl)CC1. The summed E-state index contributed by atoms with van der Waals surface area (Å²) in [7, 11) is 1.55. The zero-order valence-electron chi connectivity index (χ0n) is 14.4. The van der Waals surface area contributed by atoms with Crippen LogP contribution in [0.2, 0.25) is 0 Å². The van der Waals surface area contributed by atoms with E-state index in [1.54, 1.807) is 36.0 Å². The Morgan fingerprint density at radius 2 is 1.68 bits per heavy atom. The molecule has 5 nitrogen and oxygen atoms in total. The number of benzene rings is 1. The van der Waals surface area contributed by atoms with Gasteiger partial charge in [0.2, 0.25) is 5.91 Å². The van der Waals surface area contributed by atoms with E-state index in [2.05, 4.69) is 0 Å². The molecule has 0 spiro atoms. The van der Waals surface area contributed by atoms with Crippen molar-refractivity contribution in [2.75, 3.05) is 33.3 Å². The molecule has 25 heavy (non-hydrogen) atoms. The Labute approximate surface area is 157 Å². The highest BCUT2D eigenvalue weighted by Gasteiger charge is 2.68. The molecular formula is C18H22Cl2N2O3. The van der Waals surface area contributed by atoms with Crippen molar-refractivity contribution in [3.05, 3.63) is 29.8 Å². The fourth-order valence-corrected chi connectivity index (χ4v) is 3.99. The monoisotopic (exact) mass is 384 g/mol. The normalized spacial score (nSPS) is 25.3. The molecule has 2 amide bonds. The maximum atomic E-state index is 12.8. The van der Waals surface area contributed by atoms with Crippen LogP contribution in [0.1, 0.15) is 30.1 Å². The van der Waals surface area contributed by atoms with Crippen LogP contribution in [-0.2, 0) is 4.79 Å². The van der Waals surface area contributed by atoms with Crippen LogP contribution in [0.3, 0.4) is 0 Å². The quantitative estimate of drug-likeness (QED) is 0.752. The minimum Gasteiger partial charge on any atom is -0.496 e. The summed E-state index contributed by atoms with van der Waals surface area (Å²) in [5.41, 5.74) is -0.169. The molecule has 1 atom stereocenters. The molecule has 3 rings (SSSR count). The maximum absolute atomic E-state index is 12.8. The number of hydrogen-bond acceptors (Lipinski definition) is 3. The van der Waals surface area contributed by atoms with Gasteiger partial charge in [0.15, 0.2) is 0 Å². The number of hydrogen-bond donors (Lipinski definition) is 0. The van der Waals surface area contributed by atoms with Crippen LogP contribution in [0, 0.1) is 5.41 Å². The third kappa shape index (κ3) is 3.32. The fourth-order valence-electron chi connectivity index (χ4n) is 3.30. The van der Waals surface area contributed by atoms with Gasteiger partial charge in [-0.05, 0) is 31.9 Å². The molecule has 1 heterocycles. The third-order valence-corrected chi connectivity index (χ3v) is 6.24. The van der Waals surface area contributed by atoms with E-state index in [0.717, 1.165) is 6.42 Å². The average molecular weight is 385 g/mol. The van der Waals surface area contributed by atoms with Crippen LogP contribution >= 0.6 is 23.2 Å². The summed E-state index contributed by atoms with van der Waals surface area (Å²) in [4.78, 5) is 29.1. The van der Waals surface area contributed by atoms with Gasteiger partial charge in [0.05, 0.1) is 18.1 Å². The molecular weight excluding hydrogens is 363 g/mol. The standard InChI is InChI=1S/C18H22Cl2N2O3/c1-17(12-18(17,19)20)16(24)22-9-5-8-21(10-11-22)15(23)13-6-3-4-7-14(13)25-2/h3-4,6-7H,5,8-12H2,1-2H3/t17-/m1/s1. The molecule has 0 unspecified atom stereocenters. The highest BCUT2D eigenvalue weighted by molar-refractivity contribution is 6.53. The Morgan fingerprint density at radius 3 is 2.32 bits per heavy atom. The summed E-state index contributed by atoms with van der Waals surface area (Å²) < 4.78 is 4.31. The summed E-state index contributed by atoms with van der Waals surface area (Å²) in [6.45, 7) is 3.98. The third-order valence-electron chi connectivity index (χ3n) is 5.14. The Balaban J connectivity index is 1.68. The molecule has 136 valence electrons. The van der Waals surface area contributed by atoms with E-state index >= 15 is 0 Å². The van der Waals surface area contributed by atoms with Crippen molar-refractivity contribution < 1.29 is 14.3 Å². The van der Waals surface area contributed by atoms with Gasteiger partial charge in [-0.3, -0.25) is 9.59 Å². The van der Waals surface area contributed by atoms with Gasteiger partial charge in [-0.25, -0.2) is 0 Å². The molecule has 1 saturated heterocycles. The number of carbonyl (C=O) groups is 2. The van der Waals surface area contributed by atoms with Crippen LogP contribution in [0.15, 0.2) is 24.3 Å². The van der Waals surface area contributed by atoms with E-state index in [0.29, 0.717) is 43.9 Å². The van der Waals surface area contributed by atoms with Crippen molar-refractivity contribution in [2.24, 2.45) is 5.41 Å². The van der Waals surface area contributed by atoms with Crippen molar-refractivity contribution >= 4 is 35.0 Å². The van der Waals surface area contributed by atoms with E-state index in [1.165, 1.54) is 0 Å². The number of alkyl halides is 2. The van der Waals surface area contributed by atoms with E-state index < -0.39 is 9.75 Å². The molecule has 2 aliphatic rings. The first-order valence-corrected chi connectivity index (χ1v) is 9.15. The fraction of sp³-hybridized carbons (Fsp3) is 0.556. The van der Waals surface area contributed by atoms with Crippen LogP contribution in [0.5, 0.6) is 5.75 Å². The summed E-state index contributed by atoms with van der Waals surface area (Å²) in [6, 6.07) is 7.18. The molecule has 1 aromatic carbocycles. The second-order valence-corrected chi connectivity index (χ2v) is 8.34.